The van der Waals surface area contributed by atoms with Crippen molar-refractivity contribution < 1.29 is 17.4 Å². The Morgan fingerprint density at radius 1 is 1.32 bits per heavy atom. The van der Waals surface area contributed by atoms with Crippen molar-refractivity contribution in [2.24, 2.45) is 0 Å². The van der Waals surface area contributed by atoms with Gasteiger partial charge in [-0.3, -0.25) is 4.21 Å². The highest BCUT2D eigenvalue weighted by molar-refractivity contribution is 7.90. The fourth-order valence-electron chi connectivity index (χ4n) is 1.14. The molecule has 1 rings (SSSR count). The third-order valence-electron chi connectivity index (χ3n) is 2.03. The summed E-state index contributed by atoms with van der Waals surface area (Å²) >= 11 is 5.64. The monoisotopic (exact) mass is 324 g/mol. The van der Waals surface area contributed by atoms with Gasteiger partial charge in [-0.2, -0.15) is 0 Å². The molecule has 6 nitrogen and oxygen atoms in total. The number of nitrogens with one attached hydrogen (secondary N) is 2. The first-order chi connectivity index (χ1) is 8.81. The Labute approximate surface area is 119 Å². The number of halogens is 1. The summed E-state index contributed by atoms with van der Waals surface area (Å²) < 4.78 is 36.2. The summed E-state index contributed by atoms with van der Waals surface area (Å²) in [7, 11) is -4.97. The molecule has 1 atom stereocenters. The van der Waals surface area contributed by atoms with Gasteiger partial charge in [0.1, 0.15) is 0 Å². The highest BCUT2D eigenvalue weighted by atomic mass is 35.5. The van der Waals surface area contributed by atoms with Gasteiger partial charge in [-0.15, -0.1) is 0 Å². The van der Waals surface area contributed by atoms with Crippen molar-refractivity contribution in [3.8, 4) is 0 Å². The molecule has 0 fully saturated rings. The van der Waals surface area contributed by atoms with Crippen LogP contribution in [-0.4, -0.2) is 37.2 Å². The molecule has 0 spiro atoms. The van der Waals surface area contributed by atoms with E-state index in [1.165, 1.54) is 30.5 Å². The second-order valence-electron chi connectivity index (χ2n) is 3.59. The van der Waals surface area contributed by atoms with Crippen molar-refractivity contribution in [1.29, 1.82) is 0 Å². The zero-order valence-corrected chi connectivity index (χ0v) is 12.4. The SMILES string of the molecule is C[S@](=O)CCNC(=O)NS(=O)(=O)c1ccc(Cl)cc1. The summed E-state index contributed by atoms with van der Waals surface area (Å²) in [5.74, 6) is 0.258. The largest absolute Gasteiger partial charge is 0.336 e. The number of hydrogen-bond donors (Lipinski definition) is 2. The number of rotatable bonds is 5. The maximum absolute atomic E-state index is 11.8. The van der Waals surface area contributed by atoms with E-state index in [1.54, 1.807) is 0 Å². The molecule has 0 bridgehead atoms. The summed E-state index contributed by atoms with van der Waals surface area (Å²) in [6.45, 7) is 0.130. The molecule has 0 aliphatic rings. The molecule has 1 aromatic rings. The molecule has 2 N–H and O–H groups in total. The fourth-order valence-corrected chi connectivity index (χ4v) is 2.58. The molecule has 0 heterocycles. The smallest absolute Gasteiger partial charge is 0.328 e. The number of carbonyl (C=O) groups is 1. The van der Waals surface area contributed by atoms with Gasteiger partial charge < -0.3 is 5.32 Å². The van der Waals surface area contributed by atoms with Crippen molar-refractivity contribution in [3.05, 3.63) is 29.3 Å². The zero-order chi connectivity index (χ0) is 14.5. The zero-order valence-electron chi connectivity index (χ0n) is 10.1. The maximum Gasteiger partial charge on any atom is 0.328 e. The van der Waals surface area contributed by atoms with Gasteiger partial charge in [-0.25, -0.2) is 17.9 Å². The molecule has 0 radical (unpaired) electrons. The minimum absolute atomic E-state index is 0.0638. The van der Waals surface area contributed by atoms with E-state index in [-0.39, 0.29) is 17.2 Å². The Kier molecular flexibility index (Phi) is 5.77. The van der Waals surface area contributed by atoms with Crippen LogP contribution < -0.4 is 10.0 Å². The molecule has 0 unspecified atom stereocenters. The number of amides is 2. The summed E-state index contributed by atoms with van der Waals surface area (Å²) in [6, 6.07) is 4.54. The van der Waals surface area contributed by atoms with Crippen molar-refractivity contribution in [2.45, 2.75) is 4.90 Å². The van der Waals surface area contributed by atoms with Gasteiger partial charge in [-0.05, 0) is 24.3 Å². The topological polar surface area (TPSA) is 92.3 Å². The van der Waals surface area contributed by atoms with E-state index >= 15 is 0 Å². The van der Waals surface area contributed by atoms with Crippen LogP contribution in [0.25, 0.3) is 0 Å². The molecule has 1 aromatic carbocycles. The molecule has 0 saturated heterocycles. The summed E-state index contributed by atoms with van der Waals surface area (Å²) in [5.41, 5.74) is 0. The van der Waals surface area contributed by atoms with Crippen molar-refractivity contribution in [3.63, 3.8) is 0 Å². The van der Waals surface area contributed by atoms with Crippen molar-refractivity contribution in [1.82, 2.24) is 10.0 Å². The summed E-state index contributed by atoms with van der Waals surface area (Å²) in [5, 5.41) is 2.70. The number of urea groups is 1. The number of carbonyl (C=O) groups excluding carboxylic acids is 1. The molecule has 0 aliphatic carbocycles. The van der Waals surface area contributed by atoms with Crippen LogP contribution in [0.3, 0.4) is 0 Å². The molecule has 9 heteroatoms. The van der Waals surface area contributed by atoms with Gasteiger partial charge in [0, 0.05) is 34.4 Å². The Hall–Kier alpha value is -1.12. The predicted molar refractivity (Wildman–Crippen MR) is 74.1 cm³/mol. The number of hydrogen-bond acceptors (Lipinski definition) is 4. The van der Waals surface area contributed by atoms with Crippen molar-refractivity contribution in [2.75, 3.05) is 18.6 Å². The van der Waals surface area contributed by atoms with Gasteiger partial charge in [0.2, 0.25) is 0 Å². The van der Waals surface area contributed by atoms with Crippen LogP contribution in [-0.2, 0) is 20.8 Å². The average molecular weight is 325 g/mol. The van der Waals surface area contributed by atoms with Gasteiger partial charge in [0.15, 0.2) is 0 Å². The van der Waals surface area contributed by atoms with E-state index in [4.69, 9.17) is 11.6 Å². The lowest BCUT2D eigenvalue weighted by Crippen LogP contribution is -2.40. The lowest BCUT2D eigenvalue weighted by molar-refractivity contribution is 0.246. The summed E-state index contributed by atoms with van der Waals surface area (Å²) in [4.78, 5) is 11.3. The van der Waals surface area contributed by atoms with E-state index < -0.39 is 26.9 Å². The molecule has 2 amide bonds. The van der Waals surface area contributed by atoms with Crippen LogP contribution in [0.4, 0.5) is 4.79 Å². The van der Waals surface area contributed by atoms with Crippen molar-refractivity contribution >= 4 is 38.5 Å². The molecule has 0 aliphatic heterocycles. The third-order valence-corrected chi connectivity index (χ3v) is 4.40. The Morgan fingerprint density at radius 2 is 1.89 bits per heavy atom. The number of sulfonamides is 1. The lowest BCUT2D eigenvalue weighted by atomic mass is 10.4. The minimum Gasteiger partial charge on any atom is -0.336 e. The predicted octanol–water partition coefficient (Wildman–Crippen LogP) is 0.706. The molecular weight excluding hydrogens is 312 g/mol. The first kappa shape index (κ1) is 15.9. The molecule has 0 saturated carbocycles. The van der Waals surface area contributed by atoms with Gasteiger partial charge in [-0.1, -0.05) is 11.6 Å². The van der Waals surface area contributed by atoms with Crippen LogP contribution in [0.15, 0.2) is 29.2 Å². The standard InChI is InChI=1S/C10H13ClN2O4S2/c1-18(15)7-6-12-10(14)13-19(16,17)9-4-2-8(11)3-5-9/h2-5H,6-7H2,1H3,(H2,12,13,14)/t18-/m0/s1. The average Bonchev–Trinajstić information content (AvgIpc) is 2.28. The van der Waals surface area contributed by atoms with E-state index in [1.807, 2.05) is 4.72 Å². The maximum atomic E-state index is 11.8. The second kappa shape index (κ2) is 6.88. The van der Waals surface area contributed by atoms with Gasteiger partial charge >= 0.3 is 6.03 Å². The van der Waals surface area contributed by atoms with E-state index in [9.17, 15) is 17.4 Å². The second-order valence-corrected chi connectivity index (χ2v) is 7.27. The molecule has 106 valence electrons. The summed E-state index contributed by atoms with van der Waals surface area (Å²) in [6.07, 6.45) is 1.49. The molecule has 19 heavy (non-hydrogen) atoms. The normalized spacial score (nSPS) is 12.7. The minimum atomic E-state index is -3.92. The first-order valence-electron chi connectivity index (χ1n) is 5.17. The van der Waals surface area contributed by atoms with Gasteiger partial charge in [0.25, 0.3) is 10.0 Å². The first-order valence-corrected chi connectivity index (χ1v) is 8.76. The van der Waals surface area contributed by atoms with Crippen LogP contribution in [0.1, 0.15) is 0 Å². The number of benzene rings is 1. The van der Waals surface area contributed by atoms with Crippen LogP contribution in [0, 0.1) is 0 Å². The van der Waals surface area contributed by atoms with Crippen LogP contribution >= 0.6 is 11.6 Å². The molecule has 0 aromatic heterocycles. The third kappa shape index (κ3) is 5.58. The van der Waals surface area contributed by atoms with E-state index in [0.29, 0.717) is 5.02 Å². The van der Waals surface area contributed by atoms with E-state index in [2.05, 4.69) is 5.32 Å². The van der Waals surface area contributed by atoms with Gasteiger partial charge in [0.05, 0.1) is 4.90 Å². The highest BCUT2D eigenvalue weighted by Gasteiger charge is 2.16. The highest BCUT2D eigenvalue weighted by Crippen LogP contribution is 2.13. The molecular formula is C10H13ClN2O4S2. The lowest BCUT2D eigenvalue weighted by Gasteiger charge is -2.08. The van der Waals surface area contributed by atoms with E-state index in [0.717, 1.165) is 0 Å². The fraction of sp³-hybridized carbons (Fsp3) is 0.300. The van der Waals surface area contributed by atoms with Crippen LogP contribution in [0.5, 0.6) is 0 Å². The Bertz CT molecular complexity index is 572. The Morgan fingerprint density at radius 3 is 2.42 bits per heavy atom. The Balaban J connectivity index is 2.62. The quantitative estimate of drug-likeness (QED) is 0.834. The van der Waals surface area contributed by atoms with Crippen LogP contribution in [0.2, 0.25) is 5.02 Å².